The lowest BCUT2D eigenvalue weighted by atomic mass is 10.1. The van der Waals surface area contributed by atoms with Crippen molar-refractivity contribution in [1.29, 1.82) is 0 Å². The zero-order chi connectivity index (χ0) is 18.4. The fraction of sp³-hybridized carbons (Fsp3) is 0.158. The lowest BCUT2D eigenvalue weighted by Gasteiger charge is -2.10. The van der Waals surface area contributed by atoms with Crippen molar-refractivity contribution in [2.45, 2.75) is 0 Å². The maximum atomic E-state index is 12.4. The molecule has 0 aliphatic heterocycles. The molecule has 6 heteroatoms. The summed E-state index contributed by atoms with van der Waals surface area (Å²) in [5.74, 6) is 0.122. The van der Waals surface area contributed by atoms with Gasteiger partial charge in [-0.2, -0.15) is 0 Å². The molecule has 0 bridgehead atoms. The van der Waals surface area contributed by atoms with E-state index in [0.29, 0.717) is 27.6 Å². The number of hydrogen-bond acceptors (Lipinski definition) is 5. The van der Waals surface area contributed by atoms with Crippen LogP contribution in [-0.4, -0.2) is 33.1 Å². The average molecular weight is 361 g/mol. The number of ketones is 1. The number of rotatable bonds is 6. The van der Waals surface area contributed by atoms with Gasteiger partial charge < -0.3 is 14.2 Å². The van der Waals surface area contributed by atoms with Crippen LogP contribution in [0.5, 0.6) is 11.5 Å². The van der Waals surface area contributed by atoms with E-state index in [4.69, 9.17) is 21.1 Å². The molecule has 0 aliphatic rings. The summed E-state index contributed by atoms with van der Waals surface area (Å²) in [6.07, 6.45) is 3.05. The Hall–Kier alpha value is -2.79. The molecule has 5 nitrogen and oxygen atoms in total. The maximum absolute atomic E-state index is 12.4. The molecule has 0 aliphatic carbocycles. The van der Waals surface area contributed by atoms with Crippen molar-refractivity contribution >= 4 is 29.4 Å². The second kappa shape index (κ2) is 8.35. The molecule has 0 amide bonds. The van der Waals surface area contributed by atoms with Crippen LogP contribution in [0, 0.1) is 0 Å². The third kappa shape index (κ3) is 4.39. The second-order valence-corrected chi connectivity index (χ2v) is 5.41. The van der Waals surface area contributed by atoms with Crippen molar-refractivity contribution in [1.82, 2.24) is 0 Å². The van der Waals surface area contributed by atoms with Gasteiger partial charge in [0.25, 0.3) is 0 Å². The normalized spacial score (nSPS) is 10.6. The summed E-state index contributed by atoms with van der Waals surface area (Å²) in [6, 6.07) is 9.75. The number of esters is 1. The van der Waals surface area contributed by atoms with Crippen LogP contribution in [0.25, 0.3) is 6.08 Å². The van der Waals surface area contributed by atoms with Gasteiger partial charge >= 0.3 is 5.97 Å². The van der Waals surface area contributed by atoms with Gasteiger partial charge in [0.2, 0.25) is 0 Å². The predicted molar refractivity (Wildman–Crippen MR) is 95.7 cm³/mol. The minimum Gasteiger partial charge on any atom is -0.496 e. The lowest BCUT2D eigenvalue weighted by Crippen LogP contribution is -2.01. The van der Waals surface area contributed by atoms with Crippen LogP contribution < -0.4 is 9.47 Å². The van der Waals surface area contributed by atoms with E-state index in [1.807, 2.05) is 0 Å². The Morgan fingerprint density at radius 3 is 2.16 bits per heavy atom. The zero-order valence-electron chi connectivity index (χ0n) is 14.0. The summed E-state index contributed by atoms with van der Waals surface area (Å²) in [6.45, 7) is 0. The highest BCUT2D eigenvalue weighted by Gasteiger charge is 2.14. The Kier molecular flexibility index (Phi) is 6.19. The van der Waals surface area contributed by atoms with Gasteiger partial charge in [0.05, 0.1) is 37.5 Å². The van der Waals surface area contributed by atoms with E-state index in [1.165, 1.54) is 33.5 Å². The molecule has 0 N–H and O–H groups in total. The van der Waals surface area contributed by atoms with Crippen molar-refractivity contribution in [3.8, 4) is 11.5 Å². The summed E-state index contributed by atoms with van der Waals surface area (Å²) in [5, 5.41) is 0.322. The molecule has 0 atom stereocenters. The Morgan fingerprint density at radius 2 is 1.60 bits per heavy atom. The van der Waals surface area contributed by atoms with Gasteiger partial charge in [0.1, 0.15) is 11.5 Å². The number of benzene rings is 2. The fourth-order valence-electron chi connectivity index (χ4n) is 2.16. The van der Waals surface area contributed by atoms with Crippen molar-refractivity contribution in [3.63, 3.8) is 0 Å². The lowest BCUT2D eigenvalue weighted by molar-refractivity contribution is 0.0600. The van der Waals surface area contributed by atoms with Crippen molar-refractivity contribution in [2.75, 3.05) is 21.3 Å². The largest absolute Gasteiger partial charge is 0.496 e. The first-order valence-electron chi connectivity index (χ1n) is 7.32. The molecule has 2 aromatic rings. The summed E-state index contributed by atoms with van der Waals surface area (Å²) < 4.78 is 15.0. The number of methoxy groups -OCH3 is 3. The minimum atomic E-state index is -0.413. The van der Waals surface area contributed by atoms with Crippen LogP contribution in [-0.2, 0) is 4.74 Å². The zero-order valence-corrected chi connectivity index (χ0v) is 14.8. The van der Waals surface area contributed by atoms with E-state index in [-0.39, 0.29) is 5.78 Å². The summed E-state index contributed by atoms with van der Waals surface area (Å²) >= 11 is 6.08. The third-order valence-electron chi connectivity index (χ3n) is 3.50. The predicted octanol–water partition coefficient (Wildman–Crippen LogP) is 4.04. The third-order valence-corrected chi connectivity index (χ3v) is 3.79. The molecule has 0 saturated heterocycles. The van der Waals surface area contributed by atoms with E-state index in [1.54, 1.807) is 36.4 Å². The van der Waals surface area contributed by atoms with Gasteiger partial charge in [-0.05, 0) is 29.8 Å². The van der Waals surface area contributed by atoms with E-state index in [9.17, 15) is 9.59 Å². The molecule has 130 valence electrons. The van der Waals surface area contributed by atoms with Gasteiger partial charge in [0.15, 0.2) is 5.78 Å². The molecule has 0 radical (unpaired) electrons. The van der Waals surface area contributed by atoms with Crippen molar-refractivity contribution in [2.24, 2.45) is 0 Å². The topological polar surface area (TPSA) is 61.8 Å². The molecule has 0 fully saturated rings. The Morgan fingerprint density at radius 1 is 0.960 bits per heavy atom. The molecule has 25 heavy (non-hydrogen) atoms. The molecule has 0 saturated carbocycles. The SMILES string of the molecule is COC(=O)c1ccc(/C=C/C(=O)c2cc(Cl)c(OC)cc2OC)cc1. The van der Waals surface area contributed by atoms with Gasteiger partial charge in [-0.15, -0.1) is 0 Å². The molecule has 0 unspecified atom stereocenters. The molecule has 2 rings (SSSR count). The Labute approximate surface area is 150 Å². The number of allylic oxidation sites excluding steroid dienone is 1. The molecule has 0 heterocycles. The smallest absolute Gasteiger partial charge is 0.337 e. The van der Waals surface area contributed by atoms with Crippen LogP contribution in [0.2, 0.25) is 5.02 Å². The van der Waals surface area contributed by atoms with Crippen molar-refractivity contribution < 1.29 is 23.8 Å². The standard InChI is InChI=1S/C19H17ClO5/c1-23-17-11-18(24-2)15(20)10-14(17)16(21)9-6-12-4-7-13(8-5-12)19(22)25-3/h4-11H,1-3H3/b9-6+. The minimum absolute atomic E-state index is 0.265. The molecule has 0 spiro atoms. The summed E-state index contributed by atoms with van der Waals surface area (Å²) in [5.41, 5.74) is 1.53. The van der Waals surface area contributed by atoms with Crippen LogP contribution in [0.1, 0.15) is 26.3 Å². The second-order valence-electron chi connectivity index (χ2n) is 5.00. The highest BCUT2D eigenvalue weighted by molar-refractivity contribution is 6.32. The monoisotopic (exact) mass is 360 g/mol. The number of ether oxygens (including phenoxy) is 3. The maximum Gasteiger partial charge on any atom is 0.337 e. The van der Waals surface area contributed by atoms with Crippen LogP contribution in [0.4, 0.5) is 0 Å². The summed E-state index contributed by atoms with van der Waals surface area (Å²) in [7, 11) is 4.27. The Balaban J connectivity index is 2.23. The van der Waals surface area contributed by atoms with Crippen LogP contribution in [0.3, 0.4) is 0 Å². The Bertz CT molecular complexity index is 809. The molecular weight excluding hydrogens is 344 g/mol. The number of carbonyl (C=O) groups is 2. The number of carbonyl (C=O) groups excluding carboxylic acids is 2. The van der Waals surface area contributed by atoms with E-state index >= 15 is 0 Å². The van der Waals surface area contributed by atoms with E-state index < -0.39 is 5.97 Å². The highest BCUT2D eigenvalue weighted by Crippen LogP contribution is 2.33. The van der Waals surface area contributed by atoms with Gasteiger partial charge in [0, 0.05) is 6.07 Å². The van der Waals surface area contributed by atoms with E-state index in [2.05, 4.69) is 4.74 Å². The molecule has 0 aromatic heterocycles. The average Bonchev–Trinajstić information content (AvgIpc) is 2.65. The quantitative estimate of drug-likeness (QED) is 0.442. The van der Waals surface area contributed by atoms with Gasteiger partial charge in [-0.1, -0.05) is 29.8 Å². The fourth-order valence-corrected chi connectivity index (χ4v) is 2.40. The van der Waals surface area contributed by atoms with Gasteiger partial charge in [-0.3, -0.25) is 4.79 Å². The molecule has 2 aromatic carbocycles. The first-order chi connectivity index (χ1) is 12.0. The first kappa shape index (κ1) is 18.5. The molecular formula is C19H17ClO5. The summed E-state index contributed by atoms with van der Waals surface area (Å²) in [4.78, 5) is 23.8. The highest BCUT2D eigenvalue weighted by atomic mass is 35.5. The van der Waals surface area contributed by atoms with Crippen LogP contribution >= 0.6 is 11.6 Å². The van der Waals surface area contributed by atoms with E-state index in [0.717, 1.165) is 5.56 Å². The van der Waals surface area contributed by atoms with Crippen LogP contribution in [0.15, 0.2) is 42.5 Å². The number of halogens is 1. The first-order valence-corrected chi connectivity index (χ1v) is 7.70. The number of hydrogen-bond donors (Lipinski definition) is 0. The van der Waals surface area contributed by atoms with Crippen molar-refractivity contribution in [3.05, 3.63) is 64.2 Å². The van der Waals surface area contributed by atoms with Gasteiger partial charge in [-0.25, -0.2) is 4.79 Å².